The van der Waals surface area contributed by atoms with Gasteiger partial charge < -0.3 is 16.0 Å². The van der Waals surface area contributed by atoms with Gasteiger partial charge in [-0.05, 0) is 41.8 Å². The number of carbonyl (C=O) groups excluding carboxylic acids is 1. The first kappa shape index (κ1) is 18.8. The van der Waals surface area contributed by atoms with Crippen molar-refractivity contribution in [3.05, 3.63) is 70.2 Å². The number of hydrogen-bond donors (Lipinski definition) is 3. The van der Waals surface area contributed by atoms with Crippen molar-refractivity contribution >= 4 is 23.5 Å². The molecule has 0 aromatic heterocycles. The molecule has 0 aliphatic rings. The van der Waals surface area contributed by atoms with Gasteiger partial charge in [0, 0.05) is 37.8 Å². The molecule has 0 atom stereocenters. The number of carbonyl (C=O) groups is 1. The van der Waals surface area contributed by atoms with E-state index in [2.05, 4.69) is 20.9 Å². The minimum absolute atomic E-state index is 0.0904. The fraction of sp³-hybridized carbons (Fsp3) is 0.263. The highest BCUT2D eigenvalue weighted by Gasteiger charge is 2.04. The molecule has 3 N–H and O–H groups in total. The zero-order chi connectivity index (χ0) is 18.1. The Bertz CT molecular complexity index is 728. The summed E-state index contributed by atoms with van der Waals surface area (Å²) in [7, 11) is 3.36. The quantitative estimate of drug-likeness (QED) is 0.549. The first-order valence-electron chi connectivity index (χ1n) is 8.12. The Morgan fingerprint density at radius 2 is 1.84 bits per heavy atom. The molecule has 25 heavy (non-hydrogen) atoms. The molecule has 1 amide bonds. The molecule has 0 saturated carbocycles. The van der Waals surface area contributed by atoms with Gasteiger partial charge in [0.25, 0.3) is 5.91 Å². The highest BCUT2D eigenvalue weighted by molar-refractivity contribution is 6.30. The lowest BCUT2D eigenvalue weighted by molar-refractivity contribution is 0.0963. The van der Waals surface area contributed by atoms with Crippen molar-refractivity contribution in [1.29, 1.82) is 0 Å². The lowest BCUT2D eigenvalue weighted by Gasteiger charge is -2.12. The summed E-state index contributed by atoms with van der Waals surface area (Å²) in [5, 5.41) is 9.90. The van der Waals surface area contributed by atoms with E-state index in [0.29, 0.717) is 12.1 Å². The van der Waals surface area contributed by atoms with Gasteiger partial charge in [-0.3, -0.25) is 9.79 Å². The molecule has 2 rings (SSSR count). The summed E-state index contributed by atoms with van der Waals surface area (Å²) in [6.45, 7) is 1.35. The van der Waals surface area contributed by atoms with E-state index < -0.39 is 0 Å². The molecule has 0 fully saturated rings. The van der Waals surface area contributed by atoms with Gasteiger partial charge in [-0.1, -0.05) is 35.9 Å². The van der Waals surface area contributed by atoms with Crippen LogP contribution in [0.1, 0.15) is 21.5 Å². The van der Waals surface area contributed by atoms with Crippen LogP contribution < -0.4 is 16.0 Å². The second-order valence-electron chi connectivity index (χ2n) is 5.51. The van der Waals surface area contributed by atoms with E-state index in [0.717, 1.165) is 29.5 Å². The SMILES string of the molecule is CN=C(NCCc1ccc(Cl)cc1)NCc1cccc(C(=O)NC)c1. The van der Waals surface area contributed by atoms with Crippen LogP contribution in [0.25, 0.3) is 0 Å². The summed E-state index contributed by atoms with van der Waals surface area (Å²) in [6, 6.07) is 15.3. The number of nitrogens with zero attached hydrogens (tertiary/aromatic N) is 1. The Morgan fingerprint density at radius 3 is 2.52 bits per heavy atom. The summed E-state index contributed by atoms with van der Waals surface area (Å²) in [4.78, 5) is 15.9. The molecule has 2 aromatic carbocycles. The molecule has 0 heterocycles. The van der Waals surface area contributed by atoms with E-state index in [4.69, 9.17) is 11.6 Å². The second kappa shape index (κ2) is 9.69. The van der Waals surface area contributed by atoms with Crippen molar-refractivity contribution in [2.75, 3.05) is 20.6 Å². The summed E-state index contributed by atoms with van der Waals surface area (Å²) in [5.41, 5.74) is 2.87. The van der Waals surface area contributed by atoms with Crippen LogP contribution in [-0.4, -0.2) is 32.5 Å². The lowest BCUT2D eigenvalue weighted by Crippen LogP contribution is -2.37. The molecule has 6 heteroatoms. The van der Waals surface area contributed by atoms with Gasteiger partial charge >= 0.3 is 0 Å². The van der Waals surface area contributed by atoms with Crippen molar-refractivity contribution in [2.45, 2.75) is 13.0 Å². The van der Waals surface area contributed by atoms with Gasteiger partial charge in [0.2, 0.25) is 0 Å². The minimum atomic E-state index is -0.0904. The highest BCUT2D eigenvalue weighted by atomic mass is 35.5. The van der Waals surface area contributed by atoms with Gasteiger partial charge in [0.1, 0.15) is 0 Å². The first-order chi connectivity index (χ1) is 12.1. The number of halogens is 1. The van der Waals surface area contributed by atoms with Crippen LogP contribution in [0.15, 0.2) is 53.5 Å². The Morgan fingerprint density at radius 1 is 1.08 bits per heavy atom. The van der Waals surface area contributed by atoms with Gasteiger partial charge in [0.15, 0.2) is 5.96 Å². The normalized spacial score (nSPS) is 11.1. The third-order valence-electron chi connectivity index (χ3n) is 3.72. The number of hydrogen-bond acceptors (Lipinski definition) is 2. The smallest absolute Gasteiger partial charge is 0.251 e. The van der Waals surface area contributed by atoms with Crippen LogP contribution in [0.2, 0.25) is 5.02 Å². The van der Waals surface area contributed by atoms with E-state index in [9.17, 15) is 4.79 Å². The van der Waals surface area contributed by atoms with Crippen LogP contribution in [0.5, 0.6) is 0 Å². The maximum absolute atomic E-state index is 11.7. The molecular weight excluding hydrogens is 336 g/mol. The number of benzene rings is 2. The molecule has 0 aliphatic heterocycles. The van der Waals surface area contributed by atoms with Gasteiger partial charge in [-0.25, -0.2) is 0 Å². The Hall–Kier alpha value is -2.53. The molecular formula is C19H23ClN4O. The zero-order valence-corrected chi connectivity index (χ0v) is 15.2. The largest absolute Gasteiger partial charge is 0.356 e. The van der Waals surface area contributed by atoms with E-state index in [-0.39, 0.29) is 5.91 Å². The monoisotopic (exact) mass is 358 g/mol. The van der Waals surface area contributed by atoms with Crippen LogP contribution in [0.4, 0.5) is 0 Å². The number of aliphatic imine (C=N–C) groups is 1. The minimum Gasteiger partial charge on any atom is -0.356 e. The molecule has 0 spiro atoms. The predicted molar refractivity (Wildman–Crippen MR) is 103 cm³/mol. The zero-order valence-electron chi connectivity index (χ0n) is 14.5. The molecule has 0 bridgehead atoms. The van der Waals surface area contributed by atoms with Crippen molar-refractivity contribution < 1.29 is 4.79 Å². The summed E-state index contributed by atoms with van der Waals surface area (Å²) < 4.78 is 0. The van der Waals surface area contributed by atoms with E-state index in [1.54, 1.807) is 20.2 Å². The third kappa shape index (κ3) is 6.12. The summed E-state index contributed by atoms with van der Waals surface area (Å²) >= 11 is 5.89. The van der Waals surface area contributed by atoms with Crippen molar-refractivity contribution in [1.82, 2.24) is 16.0 Å². The average Bonchev–Trinajstić information content (AvgIpc) is 2.65. The molecule has 0 unspecified atom stereocenters. The maximum atomic E-state index is 11.7. The second-order valence-corrected chi connectivity index (χ2v) is 5.94. The predicted octanol–water partition coefficient (Wildman–Crippen LogP) is 2.61. The van der Waals surface area contributed by atoms with Crippen molar-refractivity contribution in [3.8, 4) is 0 Å². The Balaban J connectivity index is 1.82. The van der Waals surface area contributed by atoms with E-state index in [1.807, 2.05) is 42.5 Å². The molecule has 2 aromatic rings. The highest BCUT2D eigenvalue weighted by Crippen LogP contribution is 2.09. The molecule has 5 nitrogen and oxygen atoms in total. The maximum Gasteiger partial charge on any atom is 0.251 e. The first-order valence-corrected chi connectivity index (χ1v) is 8.50. The molecule has 0 radical (unpaired) electrons. The van der Waals surface area contributed by atoms with Gasteiger partial charge in [0.05, 0.1) is 0 Å². The number of nitrogens with one attached hydrogen (secondary N) is 3. The third-order valence-corrected chi connectivity index (χ3v) is 3.97. The van der Waals surface area contributed by atoms with Crippen LogP contribution in [-0.2, 0) is 13.0 Å². The van der Waals surface area contributed by atoms with Crippen LogP contribution >= 0.6 is 11.6 Å². The van der Waals surface area contributed by atoms with Crippen molar-refractivity contribution in [2.24, 2.45) is 4.99 Å². The molecule has 132 valence electrons. The Labute approximate surface area is 153 Å². The fourth-order valence-corrected chi connectivity index (χ4v) is 2.48. The topological polar surface area (TPSA) is 65.5 Å². The summed E-state index contributed by atoms with van der Waals surface area (Å²) in [6.07, 6.45) is 0.879. The van der Waals surface area contributed by atoms with E-state index in [1.165, 1.54) is 5.56 Å². The van der Waals surface area contributed by atoms with E-state index >= 15 is 0 Å². The lowest BCUT2D eigenvalue weighted by atomic mass is 10.1. The van der Waals surface area contributed by atoms with Gasteiger partial charge in [-0.2, -0.15) is 0 Å². The van der Waals surface area contributed by atoms with Crippen LogP contribution in [0.3, 0.4) is 0 Å². The summed E-state index contributed by atoms with van der Waals surface area (Å²) in [5.74, 6) is 0.631. The van der Waals surface area contributed by atoms with Crippen molar-refractivity contribution in [3.63, 3.8) is 0 Å². The average molecular weight is 359 g/mol. The fourth-order valence-electron chi connectivity index (χ4n) is 2.35. The Kier molecular flexibility index (Phi) is 7.29. The van der Waals surface area contributed by atoms with Crippen LogP contribution in [0, 0.1) is 0 Å². The molecule has 0 aliphatic carbocycles. The number of rotatable bonds is 6. The molecule has 0 saturated heterocycles. The van der Waals surface area contributed by atoms with Gasteiger partial charge in [-0.15, -0.1) is 0 Å². The number of amides is 1. The standard InChI is InChI=1S/C19H23ClN4O/c1-21-18(25)16-5-3-4-15(12-16)13-24-19(22-2)23-11-10-14-6-8-17(20)9-7-14/h3-9,12H,10-11,13H2,1-2H3,(H,21,25)(H2,22,23,24). The number of guanidine groups is 1.